The summed E-state index contributed by atoms with van der Waals surface area (Å²) in [4.78, 5) is 11.1. The van der Waals surface area contributed by atoms with Crippen molar-refractivity contribution >= 4 is 37.8 Å². The fraction of sp³-hybridized carbons (Fsp3) is 0.533. The number of hydrogen-bond donors (Lipinski definition) is 2. The van der Waals surface area contributed by atoms with E-state index in [1.165, 1.54) is 12.8 Å². The maximum Gasteiger partial charge on any atom is 0.312 e. The average molecular weight is 421 g/mol. The van der Waals surface area contributed by atoms with Crippen molar-refractivity contribution in [2.45, 2.75) is 39.3 Å². The zero-order valence-corrected chi connectivity index (χ0v) is 15.3. The second kappa shape index (κ2) is 6.67. The van der Waals surface area contributed by atoms with Gasteiger partial charge in [0.15, 0.2) is 0 Å². The fourth-order valence-corrected chi connectivity index (χ4v) is 3.23. The van der Waals surface area contributed by atoms with Crippen LogP contribution in [0.5, 0.6) is 5.75 Å². The molecule has 1 saturated carbocycles. The van der Waals surface area contributed by atoms with E-state index in [9.17, 15) is 4.79 Å². The molecular formula is C15H19Br2NO3. The molecule has 1 fully saturated rings. The van der Waals surface area contributed by atoms with E-state index in [0.717, 1.165) is 21.1 Å². The number of benzene rings is 1. The molecule has 0 spiro atoms. The summed E-state index contributed by atoms with van der Waals surface area (Å²) in [6.45, 7) is 4.22. The predicted octanol–water partition coefficient (Wildman–Crippen LogP) is 3.95. The number of carbonyl (C=O) groups is 1. The van der Waals surface area contributed by atoms with E-state index in [1.807, 2.05) is 12.1 Å². The van der Waals surface area contributed by atoms with Crippen molar-refractivity contribution in [1.29, 1.82) is 0 Å². The van der Waals surface area contributed by atoms with Crippen LogP contribution in [0.3, 0.4) is 0 Å². The Morgan fingerprint density at radius 3 is 2.43 bits per heavy atom. The molecule has 21 heavy (non-hydrogen) atoms. The van der Waals surface area contributed by atoms with Gasteiger partial charge in [0.05, 0.1) is 14.4 Å². The Morgan fingerprint density at radius 1 is 1.38 bits per heavy atom. The van der Waals surface area contributed by atoms with Gasteiger partial charge >= 0.3 is 5.97 Å². The number of carboxylic acids is 1. The third kappa shape index (κ3) is 4.69. The lowest BCUT2D eigenvalue weighted by Gasteiger charge is -2.21. The molecule has 1 aromatic carbocycles. The lowest BCUT2D eigenvalue weighted by Crippen LogP contribution is -2.30. The fourth-order valence-electron chi connectivity index (χ4n) is 1.72. The van der Waals surface area contributed by atoms with Gasteiger partial charge in [-0.2, -0.15) is 0 Å². The molecule has 1 aliphatic carbocycles. The third-order valence-corrected chi connectivity index (χ3v) is 4.56. The van der Waals surface area contributed by atoms with Crippen molar-refractivity contribution in [3.8, 4) is 5.75 Å². The van der Waals surface area contributed by atoms with Crippen LogP contribution in [0, 0.1) is 5.41 Å². The Balaban J connectivity index is 2.03. The molecule has 0 atom stereocenters. The van der Waals surface area contributed by atoms with Crippen molar-refractivity contribution in [2.75, 3.05) is 6.61 Å². The summed E-state index contributed by atoms with van der Waals surface area (Å²) in [5.41, 5.74) is 0.232. The zero-order valence-electron chi connectivity index (χ0n) is 12.1. The maximum absolute atomic E-state index is 11.1. The lowest BCUT2D eigenvalue weighted by molar-refractivity contribution is -0.148. The Kier molecular flexibility index (Phi) is 5.33. The van der Waals surface area contributed by atoms with Gasteiger partial charge in [0.25, 0.3) is 0 Å². The molecule has 0 bridgehead atoms. The van der Waals surface area contributed by atoms with Crippen LogP contribution in [0.25, 0.3) is 0 Å². The molecule has 0 amide bonds. The summed E-state index contributed by atoms with van der Waals surface area (Å²) < 4.78 is 7.34. The summed E-state index contributed by atoms with van der Waals surface area (Å²) in [7, 11) is 0. The highest BCUT2D eigenvalue weighted by atomic mass is 79.9. The van der Waals surface area contributed by atoms with E-state index < -0.39 is 11.4 Å². The minimum Gasteiger partial charge on any atom is -0.490 e. The first-order valence-electron chi connectivity index (χ1n) is 6.87. The standard InChI is InChI=1S/C15H19Br2NO3/c1-15(2,14(19)20)8-21-13-11(16)5-9(6-12(13)17)7-18-10-3-4-10/h5-6,10,18H,3-4,7-8H2,1-2H3,(H,19,20). The second-order valence-electron chi connectivity index (χ2n) is 6.02. The summed E-state index contributed by atoms with van der Waals surface area (Å²) in [5.74, 6) is -0.237. The van der Waals surface area contributed by atoms with Crippen LogP contribution in [0.15, 0.2) is 21.1 Å². The van der Waals surface area contributed by atoms with Crippen LogP contribution in [0.2, 0.25) is 0 Å². The molecule has 1 aliphatic rings. The first-order valence-corrected chi connectivity index (χ1v) is 8.46. The maximum atomic E-state index is 11.1. The average Bonchev–Trinajstić information content (AvgIpc) is 3.19. The number of carboxylic acid groups (broad SMARTS) is 1. The molecule has 6 heteroatoms. The van der Waals surface area contributed by atoms with Gasteiger partial charge in [-0.25, -0.2) is 0 Å². The van der Waals surface area contributed by atoms with Crippen molar-refractivity contribution in [3.05, 3.63) is 26.6 Å². The predicted molar refractivity (Wildman–Crippen MR) is 88.6 cm³/mol. The number of aliphatic carboxylic acids is 1. The molecule has 0 saturated heterocycles. The van der Waals surface area contributed by atoms with Gasteiger partial charge in [-0.15, -0.1) is 0 Å². The first-order chi connectivity index (χ1) is 9.79. The molecular weight excluding hydrogens is 402 g/mol. The number of ether oxygens (including phenoxy) is 1. The van der Waals surface area contributed by atoms with Crippen LogP contribution < -0.4 is 10.1 Å². The zero-order chi connectivity index (χ0) is 15.6. The number of rotatable bonds is 7. The first kappa shape index (κ1) is 16.8. The highest BCUT2D eigenvalue weighted by Gasteiger charge is 2.29. The topological polar surface area (TPSA) is 58.6 Å². The second-order valence-corrected chi connectivity index (χ2v) is 7.73. The quantitative estimate of drug-likeness (QED) is 0.700. The smallest absolute Gasteiger partial charge is 0.312 e. The summed E-state index contributed by atoms with van der Waals surface area (Å²) in [6.07, 6.45) is 2.52. The Bertz CT molecular complexity index is 519. The Morgan fingerprint density at radius 2 is 1.95 bits per heavy atom. The molecule has 4 nitrogen and oxygen atoms in total. The lowest BCUT2D eigenvalue weighted by atomic mass is 9.95. The molecule has 0 unspecified atom stereocenters. The van der Waals surface area contributed by atoms with E-state index in [0.29, 0.717) is 11.8 Å². The van der Waals surface area contributed by atoms with Gasteiger partial charge in [0, 0.05) is 12.6 Å². The van der Waals surface area contributed by atoms with E-state index in [2.05, 4.69) is 37.2 Å². The Labute approximate surface area is 141 Å². The summed E-state index contributed by atoms with van der Waals surface area (Å²) in [5, 5.41) is 12.6. The molecule has 2 rings (SSSR count). The van der Waals surface area contributed by atoms with E-state index in [1.54, 1.807) is 13.8 Å². The van der Waals surface area contributed by atoms with Crippen molar-refractivity contribution < 1.29 is 14.6 Å². The van der Waals surface area contributed by atoms with Gasteiger partial charge in [0.2, 0.25) is 0 Å². The van der Waals surface area contributed by atoms with Crippen molar-refractivity contribution in [2.24, 2.45) is 5.41 Å². The highest BCUT2D eigenvalue weighted by Crippen LogP contribution is 2.36. The molecule has 0 heterocycles. The minimum atomic E-state index is -0.926. The molecule has 1 aromatic rings. The van der Waals surface area contributed by atoms with Gasteiger partial charge in [0.1, 0.15) is 12.4 Å². The van der Waals surface area contributed by atoms with E-state index in [4.69, 9.17) is 9.84 Å². The van der Waals surface area contributed by atoms with Gasteiger partial charge in [-0.05, 0) is 76.2 Å². The molecule has 0 aromatic heterocycles. The van der Waals surface area contributed by atoms with Crippen molar-refractivity contribution in [1.82, 2.24) is 5.32 Å². The summed E-state index contributed by atoms with van der Waals surface area (Å²) >= 11 is 6.99. The van der Waals surface area contributed by atoms with Crippen LogP contribution >= 0.6 is 31.9 Å². The number of halogens is 2. The van der Waals surface area contributed by atoms with Gasteiger partial charge in [-0.3, -0.25) is 4.79 Å². The summed E-state index contributed by atoms with van der Waals surface area (Å²) in [6, 6.07) is 4.67. The monoisotopic (exact) mass is 419 g/mol. The molecule has 0 aliphatic heterocycles. The number of nitrogens with one attached hydrogen (secondary N) is 1. The van der Waals surface area contributed by atoms with Crippen LogP contribution in [-0.2, 0) is 11.3 Å². The van der Waals surface area contributed by atoms with Crippen molar-refractivity contribution in [3.63, 3.8) is 0 Å². The Hall–Kier alpha value is -0.590. The molecule has 116 valence electrons. The minimum absolute atomic E-state index is 0.110. The largest absolute Gasteiger partial charge is 0.490 e. The highest BCUT2D eigenvalue weighted by molar-refractivity contribution is 9.11. The molecule has 2 N–H and O–H groups in total. The van der Waals surface area contributed by atoms with E-state index in [-0.39, 0.29) is 6.61 Å². The van der Waals surface area contributed by atoms with Crippen LogP contribution in [0.1, 0.15) is 32.3 Å². The SMILES string of the molecule is CC(C)(COc1c(Br)cc(CNC2CC2)cc1Br)C(=O)O. The van der Waals surface area contributed by atoms with Crippen LogP contribution in [0.4, 0.5) is 0 Å². The normalized spacial score (nSPS) is 15.0. The third-order valence-electron chi connectivity index (χ3n) is 3.39. The van der Waals surface area contributed by atoms with Gasteiger partial charge < -0.3 is 15.2 Å². The number of hydrogen-bond acceptors (Lipinski definition) is 3. The van der Waals surface area contributed by atoms with E-state index >= 15 is 0 Å². The van der Waals surface area contributed by atoms with Gasteiger partial charge in [-0.1, -0.05) is 0 Å². The van der Waals surface area contributed by atoms with Crippen LogP contribution in [-0.4, -0.2) is 23.7 Å². The molecule has 0 radical (unpaired) electrons.